The predicted octanol–water partition coefficient (Wildman–Crippen LogP) is 1.86. The lowest BCUT2D eigenvalue weighted by molar-refractivity contribution is -0.150. The average Bonchev–Trinajstić information content (AvgIpc) is 2.46. The Morgan fingerprint density at radius 2 is 2.21 bits per heavy atom. The number of aliphatic hydroxyl groups is 1. The van der Waals surface area contributed by atoms with E-state index in [1.807, 2.05) is 26.0 Å². The van der Waals surface area contributed by atoms with Crippen LogP contribution in [0.25, 0.3) is 0 Å². The molecular formula is C11H20O3. The van der Waals surface area contributed by atoms with Crippen molar-refractivity contribution in [2.24, 2.45) is 0 Å². The minimum absolute atomic E-state index is 0.188. The lowest BCUT2D eigenvalue weighted by Crippen LogP contribution is -2.30. The van der Waals surface area contributed by atoms with E-state index in [1.165, 1.54) is 0 Å². The summed E-state index contributed by atoms with van der Waals surface area (Å²) in [5.74, 6) is -0.542. The van der Waals surface area contributed by atoms with Crippen LogP contribution >= 0.6 is 0 Å². The van der Waals surface area contributed by atoms with Gasteiger partial charge in [0.25, 0.3) is 0 Å². The van der Waals surface area contributed by atoms with Crippen LogP contribution in [0.4, 0.5) is 0 Å². The van der Waals surface area contributed by atoms with Gasteiger partial charge in [0, 0.05) is 0 Å². The minimum atomic E-state index is -0.542. The highest BCUT2D eigenvalue weighted by molar-refractivity contribution is 4.87. The molecule has 2 atom stereocenters. The topological polar surface area (TPSA) is 38.7 Å². The van der Waals surface area contributed by atoms with Crippen molar-refractivity contribution in [2.45, 2.75) is 51.6 Å². The molecular weight excluding hydrogens is 180 g/mol. The van der Waals surface area contributed by atoms with Crippen LogP contribution in [-0.4, -0.2) is 29.7 Å². The van der Waals surface area contributed by atoms with Crippen molar-refractivity contribution in [3.8, 4) is 0 Å². The molecule has 1 fully saturated rings. The largest absolute Gasteiger partial charge is 0.390 e. The van der Waals surface area contributed by atoms with Gasteiger partial charge >= 0.3 is 0 Å². The van der Waals surface area contributed by atoms with Gasteiger partial charge in [0.2, 0.25) is 0 Å². The van der Waals surface area contributed by atoms with Crippen LogP contribution in [0, 0.1) is 0 Å². The molecule has 0 bridgehead atoms. The number of allylic oxidation sites excluding steroid dienone is 1. The van der Waals surface area contributed by atoms with E-state index >= 15 is 0 Å². The Kier molecular flexibility index (Phi) is 4.11. The van der Waals surface area contributed by atoms with Gasteiger partial charge in [0.1, 0.15) is 6.10 Å². The van der Waals surface area contributed by atoms with Gasteiger partial charge in [0.15, 0.2) is 5.79 Å². The molecule has 0 aliphatic carbocycles. The maximum Gasteiger partial charge on any atom is 0.163 e. The molecule has 3 nitrogen and oxygen atoms in total. The van der Waals surface area contributed by atoms with Crippen LogP contribution in [0.3, 0.4) is 0 Å². The first-order valence-electron chi connectivity index (χ1n) is 5.20. The Labute approximate surface area is 85.7 Å². The van der Waals surface area contributed by atoms with Crippen LogP contribution in [0.1, 0.15) is 33.6 Å². The van der Waals surface area contributed by atoms with Crippen LogP contribution in [0.5, 0.6) is 0 Å². The van der Waals surface area contributed by atoms with Gasteiger partial charge in [-0.1, -0.05) is 19.1 Å². The quantitative estimate of drug-likeness (QED) is 0.704. The van der Waals surface area contributed by atoms with Gasteiger partial charge in [-0.05, 0) is 26.7 Å². The normalized spacial score (nSPS) is 28.4. The lowest BCUT2D eigenvalue weighted by atomic mass is 10.1. The number of ether oxygens (including phenoxy) is 2. The Hall–Kier alpha value is -0.380. The first-order valence-corrected chi connectivity index (χ1v) is 5.20. The van der Waals surface area contributed by atoms with Crippen molar-refractivity contribution in [1.29, 1.82) is 0 Å². The molecule has 1 rings (SSSR count). The third-order valence-corrected chi connectivity index (χ3v) is 2.24. The second-order valence-corrected chi connectivity index (χ2v) is 4.05. The summed E-state index contributed by atoms with van der Waals surface area (Å²) < 4.78 is 10.9. The van der Waals surface area contributed by atoms with Gasteiger partial charge < -0.3 is 14.6 Å². The summed E-state index contributed by atoms with van der Waals surface area (Å²) in [6, 6.07) is 0. The first-order chi connectivity index (χ1) is 6.55. The van der Waals surface area contributed by atoms with E-state index < -0.39 is 11.9 Å². The van der Waals surface area contributed by atoms with Crippen LogP contribution < -0.4 is 0 Å². The zero-order valence-electron chi connectivity index (χ0n) is 9.19. The molecule has 0 saturated carbocycles. The number of hydrogen-bond acceptors (Lipinski definition) is 3. The van der Waals surface area contributed by atoms with Gasteiger partial charge in [-0.3, -0.25) is 0 Å². The SMILES string of the molecule is CC/C=C\C[C@H](O)[C@H]1COC(C)(C)O1. The van der Waals surface area contributed by atoms with E-state index in [0.717, 1.165) is 6.42 Å². The van der Waals surface area contributed by atoms with Crippen LogP contribution in [0.15, 0.2) is 12.2 Å². The molecule has 0 aromatic rings. The molecule has 14 heavy (non-hydrogen) atoms. The molecule has 0 unspecified atom stereocenters. The fourth-order valence-electron chi connectivity index (χ4n) is 1.46. The first kappa shape index (κ1) is 11.7. The van der Waals surface area contributed by atoms with Crippen molar-refractivity contribution in [3.05, 3.63) is 12.2 Å². The second kappa shape index (κ2) is 4.91. The highest BCUT2D eigenvalue weighted by Gasteiger charge is 2.36. The van der Waals surface area contributed by atoms with Crippen molar-refractivity contribution in [3.63, 3.8) is 0 Å². The summed E-state index contributed by atoms with van der Waals surface area (Å²) in [7, 11) is 0. The van der Waals surface area contributed by atoms with Crippen LogP contribution in [0.2, 0.25) is 0 Å². The van der Waals surface area contributed by atoms with Crippen molar-refractivity contribution in [1.82, 2.24) is 0 Å². The molecule has 1 N–H and O–H groups in total. The Morgan fingerprint density at radius 3 is 2.71 bits per heavy atom. The van der Waals surface area contributed by atoms with Gasteiger partial charge in [0.05, 0.1) is 12.7 Å². The molecule has 0 spiro atoms. The van der Waals surface area contributed by atoms with E-state index in [2.05, 4.69) is 6.92 Å². The summed E-state index contributed by atoms with van der Waals surface area (Å²) in [6.45, 7) is 6.28. The molecule has 0 radical (unpaired) electrons. The molecule has 1 heterocycles. The van der Waals surface area contributed by atoms with Gasteiger partial charge in [-0.2, -0.15) is 0 Å². The third kappa shape index (κ3) is 3.40. The minimum Gasteiger partial charge on any atom is -0.390 e. The molecule has 1 aliphatic rings. The Balaban J connectivity index is 2.32. The zero-order chi connectivity index (χ0) is 10.6. The van der Waals surface area contributed by atoms with Crippen LogP contribution in [-0.2, 0) is 9.47 Å². The molecule has 0 aromatic heterocycles. The van der Waals surface area contributed by atoms with E-state index in [9.17, 15) is 5.11 Å². The van der Waals surface area contributed by atoms with Crippen molar-refractivity contribution in [2.75, 3.05) is 6.61 Å². The fraction of sp³-hybridized carbons (Fsp3) is 0.818. The molecule has 0 amide bonds. The molecule has 1 aliphatic heterocycles. The van der Waals surface area contributed by atoms with Gasteiger partial charge in [-0.15, -0.1) is 0 Å². The molecule has 82 valence electrons. The molecule has 3 heteroatoms. The second-order valence-electron chi connectivity index (χ2n) is 4.05. The monoisotopic (exact) mass is 200 g/mol. The highest BCUT2D eigenvalue weighted by atomic mass is 16.7. The van der Waals surface area contributed by atoms with E-state index in [1.54, 1.807) is 0 Å². The summed E-state index contributed by atoms with van der Waals surface area (Å²) in [4.78, 5) is 0. The van der Waals surface area contributed by atoms with E-state index in [-0.39, 0.29) is 6.10 Å². The van der Waals surface area contributed by atoms with Gasteiger partial charge in [-0.25, -0.2) is 0 Å². The maximum atomic E-state index is 9.75. The lowest BCUT2D eigenvalue weighted by Gasteiger charge is -2.19. The van der Waals surface area contributed by atoms with Crippen molar-refractivity contribution >= 4 is 0 Å². The predicted molar refractivity (Wildman–Crippen MR) is 55.0 cm³/mol. The summed E-state index contributed by atoms with van der Waals surface area (Å²) in [5, 5.41) is 9.75. The molecule has 1 saturated heterocycles. The molecule has 0 aromatic carbocycles. The standard InChI is InChI=1S/C11H20O3/c1-4-5-6-7-9(12)10-8-13-11(2,3)14-10/h5-6,9-10,12H,4,7-8H2,1-3H3/b6-5-/t9-,10+/m0/s1. The zero-order valence-corrected chi connectivity index (χ0v) is 9.19. The highest BCUT2D eigenvalue weighted by Crippen LogP contribution is 2.25. The Bertz CT molecular complexity index is 199. The third-order valence-electron chi connectivity index (χ3n) is 2.24. The number of rotatable bonds is 4. The Morgan fingerprint density at radius 1 is 1.50 bits per heavy atom. The fourth-order valence-corrected chi connectivity index (χ4v) is 1.46. The maximum absolute atomic E-state index is 9.75. The summed E-state index contributed by atoms with van der Waals surface area (Å²) in [6.07, 6.45) is 5.02. The number of hydrogen-bond donors (Lipinski definition) is 1. The number of aliphatic hydroxyl groups excluding tert-OH is 1. The van der Waals surface area contributed by atoms with E-state index in [0.29, 0.717) is 13.0 Å². The summed E-state index contributed by atoms with van der Waals surface area (Å²) >= 11 is 0. The van der Waals surface area contributed by atoms with Crippen molar-refractivity contribution < 1.29 is 14.6 Å². The smallest absolute Gasteiger partial charge is 0.163 e. The summed E-state index contributed by atoms with van der Waals surface area (Å²) in [5.41, 5.74) is 0. The van der Waals surface area contributed by atoms with E-state index in [4.69, 9.17) is 9.47 Å². The average molecular weight is 200 g/mol.